The van der Waals surface area contributed by atoms with E-state index in [1.54, 1.807) is 23.8 Å². The molecule has 2 aromatic carbocycles. The van der Waals surface area contributed by atoms with Crippen LogP contribution >= 0.6 is 11.3 Å². The molecule has 4 rings (SSSR count). The first kappa shape index (κ1) is 28.4. The summed E-state index contributed by atoms with van der Waals surface area (Å²) < 4.78 is 40.0. The van der Waals surface area contributed by atoms with Gasteiger partial charge in [-0.2, -0.15) is 13.2 Å². The zero-order valence-corrected chi connectivity index (χ0v) is 22.9. The maximum Gasteiger partial charge on any atom is 0.416 e. The van der Waals surface area contributed by atoms with Crippen molar-refractivity contribution in [1.29, 1.82) is 0 Å². The molecule has 1 amide bonds. The molecule has 0 saturated heterocycles. The average molecular weight is 553 g/mol. The van der Waals surface area contributed by atoms with Gasteiger partial charge in [-0.15, -0.1) is 11.3 Å². The normalized spacial score (nSPS) is 12.1. The van der Waals surface area contributed by atoms with Gasteiger partial charge >= 0.3 is 6.18 Å². The molecule has 1 N–H and O–H groups in total. The lowest BCUT2D eigenvalue weighted by Gasteiger charge is -2.23. The van der Waals surface area contributed by atoms with Gasteiger partial charge in [0.2, 0.25) is 0 Å². The van der Waals surface area contributed by atoms with Gasteiger partial charge in [-0.3, -0.25) is 14.7 Å². The minimum atomic E-state index is -4.41. The van der Waals surface area contributed by atoms with Crippen LogP contribution in [0.5, 0.6) is 0 Å². The molecule has 4 aromatic rings. The highest BCUT2D eigenvalue weighted by Crippen LogP contribution is 2.30. The molecule has 0 bridgehead atoms. The second-order valence-corrected chi connectivity index (χ2v) is 11.4. The van der Waals surface area contributed by atoms with Crippen molar-refractivity contribution in [3.8, 4) is 0 Å². The molecule has 39 heavy (non-hydrogen) atoms. The Morgan fingerprint density at radius 2 is 1.56 bits per heavy atom. The summed E-state index contributed by atoms with van der Waals surface area (Å²) in [7, 11) is 0. The summed E-state index contributed by atoms with van der Waals surface area (Å²) in [6.45, 7) is 8.01. The number of alkyl halides is 3. The first-order chi connectivity index (χ1) is 18.5. The van der Waals surface area contributed by atoms with Gasteiger partial charge in [-0.05, 0) is 45.9 Å². The fourth-order valence-corrected chi connectivity index (χ4v) is 4.91. The molecule has 0 radical (unpaired) electrons. The summed E-state index contributed by atoms with van der Waals surface area (Å²) >= 11 is 1.36. The number of thiazole rings is 1. The highest BCUT2D eigenvalue weighted by Gasteiger charge is 2.30. The van der Waals surface area contributed by atoms with E-state index in [0.29, 0.717) is 42.4 Å². The average Bonchev–Trinajstić information content (AvgIpc) is 3.36. The molecule has 5 nitrogen and oxygen atoms in total. The van der Waals surface area contributed by atoms with Crippen molar-refractivity contribution in [1.82, 2.24) is 20.2 Å². The second kappa shape index (κ2) is 12.1. The highest BCUT2D eigenvalue weighted by atomic mass is 32.1. The van der Waals surface area contributed by atoms with Crippen LogP contribution in [0.1, 0.15) is 64.1 Å². The largest absolute Gasteiger partial charge is 0.416 e. The topological polar surface area (TPSA) is 58.1 Å². The van der Waals surface area contributed by atoms with Gasteiger partial charge in [0.1, 0.15) is 10.7 Å². The summed E-state index contributed by atoms with van der Waals surface area (Å²) in [5, 5.41) is 5.27. The number of carbonyl (C=O) groups excluding carboxylic acids is 1. The number of hydrogen-bond donors (Lipinski definition) is 1. The van der Waals surface area contributed by atoms with Gasteiger partial charge in [-0.1, -0.05) is 63.2 Å². The zero-order chi connectivity index (χ0) is 28.0. The fourth-order valence-electron chi connectivity index (χ4n) is 4.09. The van der Waals surface area contributed by atoms with Crippen LogP contribution < -0.4 is 5.32 Å². The predicted octanol–water partition coefficient (Wildman–Crippen LogP) is 6.99. The second-order valence-electron chi connectivity index (χ2n) is 10.5. The summed E-state index contributed by atoms with van der Waals surface area (Å²) in [5.74, 6) is -0.281. The number of nitrogens with zero attached hydrogens (tertiary/aromatic N) is 3. The smallest absolute Gasteiger partial charge is 0.347 e. The lowest BCUT2D eigenvalue weighted by Crippen LogP contribution is -2.24. The third-order valence-electron chi connectivity index (χ3n) is 6.23. The Balaban J connectivity index is 1.50. The fraction of sp³-hybridized carbons (Fsp3) is 0.300. The van der Waals surface area contributed by atoms with Crippen LogP contribution in [0.15, 0.2) is 78.4 Å². The molecule has 2 heterocycles. The van der Waals surface area contributed by atoms with Gasteiger partial charge < -0.3 is 5.32 Å². The van der Waals surface area contributed by atoms with Gasteiger partial charge in [0, 0.05) is 37.4 Å². The maximum atomic E-state index is 13.3. The van der Waals surface area contributed by atoms with E-state index >= 15 is 0 Å². The Bertz CT molecular complexity index is 1380. The Kier molecular flexibility index (Phi) is 8.82. The predicted molar refractivity (Wildman–Crippen MR) is 147 cm³/mol. The van der Waals surface area contributed by atoms with E-state index < -0.39 is 11.7 Å². The Hall–Kier alpha value is -3.56. The lowest BCUT2D eigenvalue weighted by atomic mass is 9.87. The molecule has 0 saturated carbocycles. The minimum absolute atomic E-state index is 0.0194. The van der Waals surface area contributed by atoms with Crippen LogP contribution in [-0.2, 0) is 37.8 Å². The van der Waals surface area contributed by atoms with Crippen molar-refractivity contribution in [2.24, 2.45) is 0 Å². The number of pyridine rings is 1. The van der Waals surface area contributed by atoms with Gasteiger partial charge in [0.25, 0.3) is 5.91 Å². The first-order valence-electron chi connectivity index (χ1n) is 12.6. The van der Waals surface area contributed by atoms with E-state index in [0.717, 1.165) is 17.2 Å². The number of hydrogen-bond acceptors (Lipinski definition) is 5. The number of nitrogens with one attached hydrogen (secondary N) is 1. The van der Waals surface area contributed by atoms with Crippen molar-refractivity contribution in [2.45, 2.75) is 58.5 Å². The van der Waals surface area contributed by atoms with Crippen molar-refractivity contribution < 1.29 is 18.0 Å². The van der Waals surface area contributed by atoms with Crippen LogP contribution in [0.4, 0.5) is 13.2 Å². The Morgan fingerprint density at radius 3 is 2.23 bits per heavy atom. The zero-order valence-electron chi connectivity index (χ0n) is 22.1. The molecule has 2 aromatic heterocycles. The minimum Gasteiger partial charge on any atom is -0.347 e. The molecule has 0 aliphatic carbocycles. The van der Waals surface area contributed by atoms with Gasteiger partial charge in [-0.25, -0.2) is 4.98 Å². The number of rotatable bonds is 9. The molecule has 0 unspecified atom stereocenters. The third kappa shape index (κ3) is 8.21. The molecule has 204 valence electrons. The van der Waals surface area contributed by atoms with Gasteiger partial charge in [0.05, 0.1) is 12.1 Å². The monoisotopic (exact) mass is 552 g/mol. The lowest BCUT2D eigenvalue weighted by molar-refractivity contribution is -0.137. The SMILES string of the molecule is CC(C)(C)c1ccc(CN(Cc2cccc(C(F)(F)F)c2)Cc2nc(C(=O)NCc3ccncc3)cs2)cc1. The number of carbonyl (C=O) groups is 1. The molecule has 0 aliphatic heterocycles. The highest BCUT2D eigenvalue weighted by molar-refractivity contribution is 7.09. The van der Waals surface area contributed by atoms with E-state index in [9.17, 15) is 18.0 Å². The van der Waals surface area contributed by atoms with Crippen molar-refractivity contribution >= 4 is 17.2 Å². The van der Waals surface area contributed by atoms with Crippen LogP contribution in [0.3, 0.4) is 0 Å². The molecular formula is C30H31F3N4OS. The van der Waals surface area contributed by atoms with Crippen LogP contribution in [-0.4, -0.2) is 20.8 Å². The summed E-state index contributed by atoms with van der Waals surface area (Å²) in [5.41, 5.74) is 3.40. The van der Waals surface area contributed by atoms with Crippen LogP contribution in [0.2, 0.25) is 0 Å². The maximum absolute atomic E-state index is 13.3. The first-order valence-corrected chi connectivity index (χ1v) is 13.4. The van der Waals surface area contributed by atoms with E-state index in [4.69, 9.17) is 0 Å². The number of halogens is 3. The van der Waals surface area contributed by atoms with E-state index in [1.807, 2.05) is 17.0 Å². The quantitative estimate of drug-likeness (QED) is 0.243. The molecule has 0 aliphatic rings. The summed E-state index contributed by atoms with van der Waals surface area (Å²) in [6, 6.07) is 17.3. The standard InChI is InChI=1S/C30H31F3N4OS/c1-29(2,3)24-9-7-22(8-10-24)17-37(18-23-5-4-6-25(15-23)30(31,32)33)19-27-36-26(20-39-27)28(38)35-16-21-11-13-34-14-12-21/h4-15,20H,16-19H2,1-3H3,(H,35,38). The van der Waals surface area contributed by atoms with Crippen LogP contribution in [0.25, 0.3) is 0 Å². The Labute approximate surface area is 230 Å². The molecular weight excluding hydrogens is 521 g/mol. The van der Waals surface area contributed by atoms with Crippen molar-refractivity contribution in [3.63, 3.8) is 0 Å². The van der Waals surface area contributed by atoms with Crippen LogP contribution in [0, 0.1) is 0 Å². The summed E-state index contributed by atoms with van der Waals surface area (Å²) in [6.07, 6.45) is -1.08. The summed E-state index contributed by atoms with van der Waals surface area (Å²) in [4.78, 5) is 23.2. The Morgan fingerprint density at radius 1 is 0.872 bits per heavy atom. The van der Waals surface area contributed by atoms with E-state index in [1.165, 1.54) is 29.0 Å². The van der Waals surface area contributed by atoms with Crippen molar-refractivity contribution in [3.05, 3.63) is 117 Å². The number of benzene rings is 2. The van der Waals surface area contributed by atoms with Gasteiger partial charge in [0.15, 0.2) is 0 Å². The molecule has 0 fully saturated rings. The molecule has 0 spiro atoms. The number of amides is 1. The number of aromatic nitrogens is 2. The molecule has 9 heteroatoms. The third-order valence-corrected chi connectivity index (χ3v) is 7.07. The van der Waals surface area contributed by atoms with E-state index in [2.05, 4.69) is 60.3 Å². The van der Waals surface area contributed by atoms with Crippen molar-refractivity contribution in [2.75, 3.05) is 0 Å². The molecule has 0 atom stereocenters. The van der Waals surface area contributed by atoms with E-state index in [-0.39, 0.29) is 11.3 Å².